The SMILES string of the molecule is CC(C)CCn1cc(-c2ccc3c(c2)C(CN)=NCC3=O)cn1.CC(C)Cn1cc(-c2ccc3c(c2)C(CN)=NCC3=O)cn1.Cn1cc(-c2ccc3c(c2)C(CN)=NCC3=O)c2cccnc21.Cn1cncc1-c1ccc2c(c1)C(CN)=NCC2=O.NCC1=NCC(=O)c2ccc(-c3cnc[nH]3)cc21.NCC1=NCC(=O)c2ccc(-c3cnco3)cc21. The highest BCUT2D eigenvalue weighted by Gasteiger charge is 2.28. The van der Waals surface area contributed by atoms with E-state index in [-0.39, 0.29) is 74.0 Å². The number of aryl methyl sites for hydroxylation is 3. The van der Waals surface area contributed by atoms with E-state index < -0.39 is 0 Å². The van der Waals surface area contributed by atoms with Crippen molar-refractivity contribution < 1.29 is 33.2 Å². The molecule has 0 spiro atoms. The van der Waals surface area contributed by atoms with Gasteiger partial charge in [0, 0.05) is 197 Å². The van der Waals surface area contributed by atoms with Crippen LogP contribution in [0.4, 0.5) is 0 Å². The van der Waals surface area contributed by atoms with Crippen LogP contribution < -0.4 is 34.4 Å². The van der Waals surface area contributed by atoms with Crippen molar-refractivity contribution >= 4 is 80.0 Å². The van der Waals surface area contributed by atoms with Gasteiger partial charge in [-0.05, 0) is 102 Å². The summed E-state index contributed by atoms with van der Waals surface area (Å²) in [6, 6.07) is 38.5. The van der Waals surface area contributed by atoms with Gasteiger partial charge >= 0.3 is 0 Å². The Morgan fingerprint density at radius 2 is 0.797 bits per heavy atom. The third-order valence-electron chi connectivity index (χ3n) is 21.5. The molecule has 19 rings (SSSR count). The van der Waals surface area contributed by atoms with E-state index in [1.54, 1.807) is 43.5 Å². The Hall–Kier alpha value is -14.1. The lowest BCUT2D eigenvalue weighted by Crippen LogP contribution is -2.25. The smallest absolute Gasteiger partial charge is 0.184 e. The van der Waals surface area contributed by atoms with Gasteiger partial charge in [0.1, 0.15) is 44.9 Å². The van der Waals surface area contributed by atoms with Gasteiger partial charge in [-0.1, -0.05) is 82.3 Å². The lowest BCUT2D eigenvalue weighted by atomic mass is 9.92. The molecule has 6 aliphatic rings. The summed E-state index contributed by atoms with van der Waals surface area (Å²) in [5.41, 5.74) is 60.3. The second-order valence-corrected chi connectivity index (χ2v) is 30.7. The normalized spacial score (nSPS) is 14.2. The van der Waals surface area contributed by atoms with E-state index in [4.69, 9.17) is 38.8 Å². The molecular formula is C93H95N23O7. The quantitative estimate of drug-likeness (QED) is 0.0445. The molecule has 6 aliphatic heterocycles. The third kappa shape index (κ3) is 19.1. The number of Topliss-reactive ketones (excluding diaryl/α,β-unsaturated/α-hetero) is 6. The average Bonchev–Trinajstić information content (AvgIpc) is 1.63. The van der Waals surface area contributed by atoms with Crippen molar-refractivity contribution in [3.05, 3.63) is 263 Å². The summed E-state index contributed by atoms with van der Waals surface area (Å²) in [5, 5.41) is 9.91. The molecular weight excluding hydrogens is 1550 g/mol. The predicted octanol–water partition coefficient (Wildman–Crippen LogP) is 10.2. The first-order valence-electron chi connectivity index (χ1n) is 40.4. The van der Waals surface area contributed by atoms with Gasteiger partial charge in [0.15, 0.2) is 46.9 Å². The molecule has 0 bridgehead atoms. The molecule has 0 saturated carbocycles. The molecule has 0 aliphatic carbocycles. The number of aromatic amines is 1. The molecule has 0 saturated heterocycles. The molecule has 624 valence electrons. The maximum Gasteiger partial charge on any atom is 0.184 e. The fourth-order valence-electron chi connectivity index (χ4n) is 15.1. The first-order chi connectivity index (χ1) is 59.6. The molecule has 0 fully saturated rings. The highest BCUT2D eigenvalue weighted by molar-refractivity contribution is 6.21. The minimum atomic E-state index is 0.0197. The highest BCUT2D eigenvalue weighted by Crippen LogP contribution is 2.34. The van der Waals surface area contributed by atoms with Crippen LogP contribution in [0.1, 0.15) is 130 Å². The number of ketones is 6. The number of nitrogens with two attached hydrogens (primary N) is 6. The average molecular weight is 1650 g/mol. The van der Waals surface area contributed by atoms with Crippen molar-refractivity contribution in [3.63, 3.8) is 0 Å². The zero-order valence-electron chi connectivity index (χ0n) is 69.2. The number of nitrogens with one attached hydrogen (secondary N) is 1. The molecule has 0 radical (unpaired) electrons. The second kappa shape index (κ2) is 38.5. The van der Waals surface area contributed by atoms with Gasteiger partial charge < -0.3 is 52.9 Å². The zero-order valence-corrected chi connectivity index (χ0v) is 69.2. The van der Waals surface area contributed by atoms with Crippen LogP contribution in [0.3, 0.4) is 0 Å². The lowest BCUT2D eigenvalue weighted by molar-refractivity contribution is 0.0992. The Balaban J connectivity index is 0.000000121. The van der Waals surface area contributed by atoms with Crippen LogP contribution >= 0.6 is 0 Å². The molecule has 123 heavy (non-hydrogen) atoms. The van der Waals surface area contributed by atoms with E-state index in [1.165, 1.54) is 6.39 Å². The van der Waals surface area contributed by atoms with E-state index in [0.717, 1.165) is 165 Å². The molecule has 13 aromatic rings. The first kappa shape index (κ1) is 85.3. The summed E-state index contributed by atoms with van der Waals surface area (Å²) in [6.45, 7) is 13.7. The van der Waals surface area contributed by atoms with E-state index in [9.17, 15) is 28.8 Å². The molecule has 0 atom stereocenters. The van der Waals surface area contributed by atoms with Gasteiger partial charge in [0.05, 0.1) is 89.3 Å². The van der Waals surface area contributed by atoms with Crippen molar-refractivity contribution in [2.75, 3.05) is 78.5 Å². The number of carbonyl (C=O) groups is 6. The summed E-state index contributed by atoms with van der Waals surface area (Å²) in [4.78, 5) is 116. The van der Waals surface area contributed by atoms with Gasteiger partial charge in [0.25, 0.3) is 0 Å². The Labute approximate surface area is 709 Å². The maximum atomic E-state index is 12.0. The Kier molecular flexibility index (Phi) is 26.7. The molecule has 0 amide bonds. The van der Waals surface area contributed by atoms with Crippen LogP contribution in [-0.2, 0) is 27.2 Å². The van der Waals surface area contributed by atoms with E-state index in [2.05, 4.69) is 105 Å². The summed E-state index contributed by atoms with van der Waals surface area (Å²) in [6.07, 6.45) is 22.7. The minimum absolute atomic E-state index is 0.0197. The molecule has 13 N–H and O–H groups in total. The number of nitrogens with zero attached hydrogens (tertiary/aromatic N) is 16. The third-order valence-corrected chi connectivity index (χ3v) is 21.5. The summed E-state index contributed by atoms with van der Waals surface area (Å²) >= 11 is 0. The standard InChI is InChI=1S/C18H16N4O.C18H22N4O.C17H20N4O.C14H14N4O.C13H12N4O.C13H11N3O2/c1-22-10-15(13-3-2-6-20-18(13)22)11-4-5-12-14(7-11)16(8-19)21-9-17(12)23;1-12(2)5-6-22-11-14(9-21-22)13-3-4-15-16(7-13)17(8-19)20-10-18(15)23;1-11(2)9-21-10-13(7-20-21)12-3-4-14-15(5-12)16(6-18)19-8-17(14)22;1-18-8-16-6-13(18)9-2-3-10-11(4-9)12(5-15)17-7-14(10)19;14-4-11-10-3-8(12-5-15-7-17-12)1-2-9(10)13(18)6-16-11;14-4-11-10-3-8(13-6-15-7-18-13)1-2-9(10)12(17)5-16-11/h2-7,10H,8-9,19H2,1H3;3-4,7,9,11-12H,5-6,8,10,19H2,1-2H3;3-5,7,10-11H,6,8-9,18H2,1-2H3;2-4,6,8H,5,7,15H2,1H3;1-3,5,7H,4,6,14H2,(H,15,17);1-3,6-7H,4-5,14H2. The molecule has 30 heteroatoms. The Morgan fingerprint density at radius 1 is 0.390 bits per heavy atom. The van der Waals surface area contributed by atoms with Gasteiger partial charge in [-0.25, -0.2) is 19.9 Å². The van der Waals surface area contributed by atoms with Crippen molar-refractivity contribution in [1.82, 2.24) is 53.6 Å². The number of imidazole rings is 2. The van der Waals surface area contributed by atoms with Crippen LogP contribution in [0.5, 0.6) is 0 Å². The van der Waals surface area contributed by atoms with Crippen molar-refractivity contribution in [2.24, 2.45) is 90.3 Å². The van der Waals surface area contributed by atoms with Gasteiger partial charge in [-0.15, -0.1) is 0 Å². The summed E-state index contributed by atoms with van der Waals surface area (Å²) < 4.78 is 13.1. The van der Waals surface area contributed by atoms with Gasteiger partial charge in [-0.2, -0.15) is 10.2 Å². The number of carbonyl (C=O) groups excluding carboxylic acids is 6. The van der Waals surface area contributed by atoms with Gasteiger partial charge in [-0.3, -0.25) is 68.1 Å². The number of hydrogen-bond acceptors (Lipinski definition) is 25. The second-order valence-electron chi connectivity index (χ2n) is 30.7. The molecule has 6 aromatic carbocycles. The van der Waals surface area contributed by atoms with Crippen molar-refractivity contribution in [2.45, 2.75) is 47.2 Å². The summed E-state index contributed by atoms with van der Waals surface area (Å²) in [7, 11) is 3.92. The zero-order chi connectivity index (χ0) is 86.5. The fraction of sp³-hybridized carbons (Fsp3) is 0.247. The first-order valence-corrected chi connectivity index (χ1v) is 40.4. The number of aromatic nitrogens is 11. The van der Waals surface area contributed by atoms with Crippen LogP contribution in [0.15, 0.2) is 231 Å². The fourth-order valence-corrected chi connectivity index (χ4v) is 15.1. The number of benzene rings is 6. The van der Waals surface area contributed by atoms with Gasteiger partial charge in [0.2, 0.25) is 0 Å². The van der Waals surface area contributed by atoms with Crippen LogP contribution in [0.2, 0.25) is 0 Å². The number of fused-ring (bicyclic) bond motifs is 7. The van der Waals surface area contributed by atoms with Crippen LogP contribution in [0.25, 0.3) is 78.3 Å². The van der Waals surface area contributed by atoms with E-state index >= 15 is 0 Å². The summed E-state index contributed by atoms with van der Waals surface area (Å²) in [5.74, 6) is 2.11. The monoisotopic (exact) mass is 1650 g/mol. The Morgan fingerprint density at radius 3 is 1.21 bits per heavy atom. The number of H-pyrrole nitrogens is 1. The van der Waals surface area contributed by atoms with Crippen LogP contribution in [0, 0.1) is 11.8 Å². The van der Waals surface area contributed by atoms with Crippen LogP contribution in [-0.4, -0.2) is 201 Å². The van der Waals surface area contributed by atoms with E-state index in [0.29, 0.717) is 84.7 Å². The Bertz CT molecular complexity index is 6270. The number of pyridine rings is 1. The minimum Gasteiger partial charge on any atom is -0.444 e. The number of hydrogen-bond donors (Lipinski definition) is 7. The van der Waals surface area contributed by atoms with Crippen molar-refractivity contribution in [1.29, 1.82) is 0 Å². The van der Waals surface area contributed by atoms with E-state index in [1.807, 2.05) is 167 Å². The lowest BCUT2D eigenvalue weighted by Gasteiger charge is -2.16. The molecule has 13 heterocycles. The highest BCUT2D eigenvalue weighted by atomic mass is 16.3. The molecule has 30 nitrogen and oxygen atoms in total. The number of oxazole rings is 1. The maximum absolute atomic E-state index is 12.0. The number of aliphatic imine (C=N–C) groups is 6. The number of rotatable bonds is 17. The largest absolute Gasteiger partial charge is 0.444 e. The topological polar surface area (TPSA) is 459 Å². The van der Waals surface area contributed by atoms with Crippen molar-refractivity contribution in [3.8, 4) is 67.2 Å². The molecule has 0 unspecified atom stereocenters. The predicted molar refractivity (Wildman–Crippen MR) is 479 cm³/mol. The molecule has 7 aromatic heterocycles.